The lowest BCUT2D eigenvalue weighted by Crippen LogP contribution is -2.42. The number of aliphatic hydroxyl groups is 1. The monoisotopic (exact) mass is 270 g/mol. The van der Waals surface area contributed by atoms with Gasteiger partial charge in [0, 0.05) is 25.2 Å². The van der Waals surface area contributed by atoms with Crippen molar-refractivity contribution in [1.82, 2.24) is 5.32 Å². The number of halogens is 2. The molecule has 0 aromatic heterocycles. The molecule has 1 aliphatic heterocycles. The minimum atomic E-state index is -3.18. The molecule has 0 saturated heterocycles. The number of carbonyl (C=O) groups excluding carboxylic acids is 1. The van der Waals surface area contributed by atoms with Crippen molar-refractivity contribution < 1.29 is 18.7 Å². The number of aliphatic hydroxyl groups excluding tert-OH is 1. The Morgan fingerprint density at radius 3 is 2.84 bits per heavy atom. The third-order valence-electron chi connectivity index (χ3n) is 3.26. The molecule has 0 bridgehead atoms. The zero-order valence-electron chi connectivity index (χ0n) is 10.6. The second kappa shape index (κ2) is 5.22. The summed E-state index contributed by atoms with van der Waals surface area (Å²) in [6.07, 6.45) is 0.134. The number of benzene rings is 1. The number of amides is 1. The second-order valence-electron chi connectivity index (χ2n) is 4.66. The van der Waals surface area contributed by atoms with Crippen LogP contribution in [0.3, 0.4) is 0 Å². The van der Waals surface area contributed by atoms with Gasteiger partial charge in [-0.15, -0.1) is 0 Å². The summed E-state index contributed by atoms with van der Waals surface area (Å²) in [6.45, 7) is -1.86. The molecule has 4 nitrogen and oxygen atoms in total. The van der Waals surface area contributed by atoms with Crippen molar-refractivity contribution in [3.05, 3.63) is 29.8 Å². The van der Waals surface area contributed by atoms with E-state index in [1.54, 1.807) is 25.2 Å². The number of rotatable bonds is 4. The Bertz CT molecular complexity index is 479. The minimum Gasteiger partial charge on any atom is -0.390 e. The van der Waals surface area contributed by atoms with Crippen molar-refractivity contribution in [2.45, 2.75) is 18.4 Å². The van der Waals surface area contributed by atoms with Crippen LogP contribution in [0.2, 0.25) is 0 Å². The van der Waals surface area contributed by atoms with E-state index in [9.17, 15) is 13.6 Å². The van der Waals surface area contributed by atoms with E-state index in [0.717, 1.165) is 11.3 Å². The summed E-state index contributed by atoms with van der Waals surface area (Å²) in [6, 6.07) is 6.75. The predicted octanol–water partition coefficient (Wildman–Crippen LogP) is 1.31. The Kier molecular flexibility index (Phi) is 3.82. The average molecular weight is 270 g/mol. The van der Waals surface area contributed by atoms with E-state index in [4.69, 9.17) is 5.11 Å². The SMILES string of the molecule is CN1C(=O)CC(NCC(F)(F)CO)c2ccccc21. The zero-order chi connectivity index (χ0) is 14.0. The van der Waals surface area contributed by atoms with E-state index in [2.05, 4.69) is 5.32 Å². The van der Waals surface area contributed by atoms with Gasteiger partial charge in [-0.25, -0.2) is 8.78 Å². The molecule has 0 aliphatic carbocycles. The number of para-hydroxylation sites is 1. The lowest BCUT2D eigenvalue weighted by molar-refractivity contribution is -0.119. The quantitative estimate of drug-likeness (QED) is 0.867. The second-order valence-corrected chi connectivity index (χ2v) is 4.66. The summed E-state index contributed by atoms with van der Waals surface area (Å²) in [5.74, 6) is -3.30. The Labute approximate surface area is 110 Å². The smallest absolute Gasteiger partial charge is 0.282 e. The first kappa shape index (κ1) is 13.9. The molecule has 1 atom stereocenters. The Hall–Kier alpha value is -1.53. The van der Waals surface area contributed by atoms with E-state index < -0.39 is 25.1 Å². The Morgan fingerprint density at radius 2 is 2.16 bits per heavy atom. The molecule has 2 N–H and O–H groups in total. The molecule has 1 heterocycles. The number of hydrogen-bond donors (Lipinski definition) is 2. The van der Waals surface area contributed by atoms with Crippen LogP contribution in [0.4, 0.5) is 14.5 Å². The van der Waals surface area contributed by atoms with Gasteiger partial charge in [0.2, 0.25) is 5.91 Å². The number of fused-ring (bicyclic) bond motifs is 1. The van der Waals surface area contributed by atoms with Gasteiger partial charge < -0.3 is 15.3 Å². The molecule has 1 aromatic carbocycles. The van der Waals surface area contributed by atoms with E-state index in [1.165, 1.54) is 4.90 Å². The summed E-state index contributed by atoms with van der Waals surface area (Å²) in [5.41, 5.74) is 1.54. The fourth-order valence-corrected chi connectivity index (χ4v) is 2.15. The summed E-state index contributed by atoms with van der Waals surface area (Å²) in [7, 11) is 1.67. The number of nitrogens with zero attached hydrogens (tertiary/aromatic N) is 1. The van der Waals surface area contributed by atoms with Crippen molar-refractivity contribution in [2.24, 2.45) is 0 Å². The first-order valence-corrected chi connectivity index (χ1v) is 6.02. The van der Waals surface area contributed by atoms with Gasteiger partial charge in [0.05, 0.1) is 6.54 Å². The molecular weight excluding hydrogens is 254 g/mol. The molecule has 6 heteroatoms. The summed E-state index contributed by atoms with van der Waals surface area (Å²) < 4.78 is 26.1. The van der Waals surface area contributed by atoms with Gasteiger partial charge in [0.15, 0.2) is 0 Å². The van der Waals surface area contributed by atoms with Crippen LogP contribution >= 0.6 is 0 Å². The maximum Gasteiger partial charge on any atom is 0.282 e. The van der Waals surface area contributed by atoms with Crippen LogP contribution in [-0.4, -0.2) is 37.1 Å². The number of anilines is 1. The molecule has 1 aliphatic rings. The van der Waals surface area contributed by atoms with Gasteiger partial charge in [-0.1, -0.05) is 18.2 Å². The predicted molar refractivity (Wildman–Crippen MR) is 67.2 cm³/mol. The number of nitrogens with one attached hydrogen (secondary N) is 1. The Morgan fingerprint density at radius 1 is 1.47 bits per heavy atom. The van der Waals surface area contributed by atoms with Gasteiger partial charge in [-0.05, 0) is 11.6 Å². The van der Waals surface area contributed by atoms with Crippen LogP contribution in [0.5, 0.6) is 0 Å². The van der Waals surface area contributed by atoms with Crippen LogP contribution in [0.15, 0.2) is 24.3 Å². The highest BCUT2D eigenvalue weighted by molar-refractivity contribution is 5.96. The Balaban J connectivity index is 2.18. The van der Waals surface area contributed by atoms with Gasteiger partial charge in [-0.3, -0.25) is 4.79 Å². The van der Waals surface area contributed by atoms with Gasteiger partial charge in [0.1, 0.15) is 6.61 Å². The van der Waals surface area contributed by atoms with Crippen LogP contribution in [-0.2, 0) is 4.79 Å². The topological polar surface area (TPSA) is 52.6 Å². The lowest BCUT2D eigenvalue weighted by Gasteiger charge is -2.32. The van der Waals surface area contributed by atoms with E-state index in [0.29, 0.717) is 0 Å². The molecule has 0 saturated carbocycles. The third kappa shape index (κ3) is 2.90. The van der Waals surface area contributed by atoms with Crippen LogP contribution in [0, 0.1) is 0 Å². The lowest BCUT2D eigenvalue weighted by atomic mass is 9.96. The standard InChI is InChI=1S/C13H16F2N2O2/c1-17-11-5-3-2-4-9(11)10(6-12(17)19)16-7-13(14,15)8-18/h2-5,10,16,18H,6-8H2,1H3. The van der Waals surface area contributed by atoms with Gasteiger partial charge >= 0.3 is 0 Å². The third-order valence-corrected chi connectivity index (χ3v) is 3.26. The highest BCUT2D eigenvalue weighted by atomic mass is 19.3. The highest BCUT2D eigenvalue weighted by Crippen LogP contribution is 2.33. The molecule has 1 amide bonds. The van der Waals surface area contributed by atoms with Gasteiger partial charge in [-0.2, -0.15) is 0 Å². The van der Waals surface area contributed by atoms with Crippen molar-refractivity contribution in [3.63, 3.8) is 0 Å². The first-order chi connectivity index (χ1) is 8.94. The fourth-order valence-electron chi connectivity index (χ4n) is 2.15. The minimum absolute atomic E-state index is 0.122. The maximum absolute atomic E-state index is 13.0. The summed E-state index contributed by atoms with van der Waals surface area (Å²) >= 11 is 0. The molecule has 0 spiro atoms. The number of alkyl halides is 2. The van der Waals surface area contributed by atoms with Crippen molar-refractivity contribution in [3.8, 4) is 0 Å². The molecule has 1 unspecified atom stereocenters. The van der Waals surface area contributed by atoms with Gasteiger partial charge in [0.25, 0.3) is 5.92 Å². The number of carbonyl (C=O) groups is 1. The molecule has 2 rings (SSSR count). The molecule has 104 valence electrons. The van der Waals surface area contributed by atoms with Crippen LogP contribution in [0.25, 0.3) is 0 Å². The van der Waals surface area contributed by atoms with Crippen molar-refractivity contribution in [1.29, 1.82) is 0 Å². The molecule has 0 fully saturated rings. The number of hydrogen-bond acceptors (Lipinski definition) is 3. The van der Waals surface area contributed by atoms with E-state index in [-0.39, 0.29) is 12.3 Å². The molecule has 1 aromatic rings. The van der Waals surface area contributed by atoms with Crippen molar-refractivity contribution >= 4 is 11.6 Å². The largest absolute Gasteiger partial charge is 0.390 e. The average Bonchev–Trinajstić information content (AvgIpc) is 2.41. The van der Waals surface area contributed by atoms with E-state index in [1.807, 2.05) is 6.07 Å². The highest BCUT2D eigenvalue weighted by Gasteiger charge is 2.33. The molecule has 19 heavy (non-hydrogen) atoms. The normalized spacial score (nSPS) is 19.5. The maximum atomic E-state index is 13.0. The first-order valence-electron chi connectivity index (χ1n) is 6.02. The summed E-state index contributed by atoms with van der Waals surface area (Å²) in [5, 5.41) is 11.2. The van der Waals surface area contributed by atoms with E-state index >= 15 is 0 Å². The zero-order valence-corrected chi connectivity index (χ0v) is 10.6. The van der Waals surface area contributed by atoms with Crippen LogP contribution < -0.4 is 10.2 Å². The molecule has 0 radical (unpaired) electrons. The summed E-state index contributed by atoms with van der Waals surface area (Å²) in [4.78, 5) is 13.3. The van der Waals surface area contributed by atoms with Crippen LogP contribution in [0.1, 0.15) is 18.0 Å². The molecular formula is C13H16F2N2O2. The van der Waals surface area contributed by atoms with Crippen molar-refractivity contribution in [2.75, 3.05) is 25.1 Å². The fraction of sp³-hybridized carbons (Fsp3) is 0.462.